The van der Waals surface area contributed by atoms with Gasteiger partial charge in [-0.25, -0.2) is 0 Å². The monoisotopic (exact) mass is 253 g/mol. The predicted octanol–water partition coefficient (Wildman–Crippen LogP) is 0.416. The first-order valence-electron chi connectivity index (χ1n) is 5.11. The number of hydrogen-bond acceptors (Lipinski definition) is 4. The van der Waals surface area contributed by atoms with Gasteiger partial charge in [0.2, 0.25) is 11.8 Å². The molecule has 92 valence electrons. The zero-order valence-electron chi connectivity index (χ0n) is 9.31. The zero-order valence-corrected chi connectivity index (χ0v) is 10.1. The van der Waals surface area contributed by atoms with Gasteiger partial charge in [-0.2, -0.15) is 11.8 Å². The molecule has 5 nitrogen and oxygen atoms in total. The molecule has 0 aliphatic rings. The van der Waals surface area contributed by atoms with Crippen LogP contribution in [0, 0.1) is 0 Å². The fraction of sp³-hybridized carbons (Fsp3) is 0.273. The van der Waals surface area contributed by atoms with Crippen LogP contribution in [-0.4, -0.2) is 29.9 Å². The maximum atomic E-state index is 11.4. The van der Waals surface area contributed by atoms with Crippen molar-refractivity contribution in [1.29, 1.82) is 0 Å². The lowest BCUT2D eigenvalue weighted by atomic mass is 10.2. The molecule has 0 spiro atoms. The Hall–Kier alpha value is -1.53. The summed E-state index contributed by atoms with van der Waals surface area (Å²) in [7, 11) is 0. The third kappa shape index (κ3) is 4.88. The molecule has 0 aliphatic heterocycles. The minimum atomic E-state index is -0.485. The summed E-state index contributed by atoms with van der Waals surface area (Å²) in [5.41, 5.74) is 11.5. The van der Waals surface area contributed by atoms with Gasteiger partial charge in [-0.15, -0.1) is 0 Å². The lowest BCUT2D eigenvalue weighted by molar-refractivity contribution is -0.113. The molecule has 1 aromatic rings. The summed E-state index contributed by atoms with van der Waals surface area (Å²) in [5, 5.41) is 2.71. The molecule has 0 saturated carbocycles. The van der Waals surface area contributed by atoms with Gasteiger partial charge in [0.25, 0.3) is 0 Å². The van der Waals surface area contributed by atoms with Crippen molar-refractivity contribution < 1.29 is 9.59 Å². The van der Waals surface area contributed by atoms with Gasteiger partial charge >= 0.3 is 0 Å². The normalized spacial score (nSPS) is 9.94. The molecule has 0 saturated heterocycles. The Balaban J connectivity index is 2.46. The van der Waals surface area contributed by atoms with Gasteiger partial charge in [-0.3, -0.25) is 9.59 Å². The van der Waals surface area contributed by atoms with E-state index in [4.69, 9.17) is 11.5 Å². The number of nitrogens with two attached hydrogens (primary N) is 2. The molecule has 6 heteroatoms. The van der Waals surface area contributed by atoms with Crippen molar-refractivity contribution in [1.82, 2.24) is 0 Å². The second kappa shape index (κ2) is 6.93. The van der Waals surface area contributed by atoms with Crippen LogP contribution < -0.4 is 16.8 Å². The number of nitrogens with one attached hydrogen (secondary N) is 1. The summed E-state index contributed by atoms with van der Waals surface area (Å²) >= 11 is 1.48. The molecule has 17 heavy (non-hydrogen) atoms. The first-order chi connectivity index (χ1) is 8.13. The van der Waals surface area contributed by atoms with E-state index in [1.807, 2.05) is 0 Å². The van der Waals surface area contributed by atoms with Crippen LogP contribution in [0.5, 0.6) is 0 Å². The molecule has 1 rings (SSSR count). The Morgan fingerprint density at radius 3 is 2.41 bits per heavy atom. The Labute approximate surface area is 104 Å². The van der Waals surface area contributed by atoms with Crippen molar-refractivity contribution in [3.05, 3.63) is 29.8 Å². The van der Waals surface area contributed by atoms with Crippen LogP contribution >= 0.6 is 11.8 Å². The summed E-state index contributed by atoms with van der Waals surface area (Å²) in [6.45, 7) is 0.561. The van der Waals surface area contributed by atoms with E-state index in [0.717, 1.165) is 5.75 Å². The SMILES string of the molecule is NCCSCC(=O)Nc1ccc(C(N)=O)cc1. The minimum Gasteiger partial charge on any atom is -0.366 e. The van der Waals surface area contributed by atoms with Gasteiger partial charge in [0.05, 0.1) is 5.75 Å². The van der Waals surface area contributed by atoms with Crippen LogP contribution in [0.4, 0.5) is 5.69 Å². The summed E-state index contributed by atoms with van der Waals surface area (Å²) in [6.07, 6.45) is 0. The molecule has 0 radical (unpaired) electrons. The lowest BCUT2D eigenvalue weighted by Gasteiger charge is -2.05. The topological polar surface area (TPSA) is 98.2 Å². The Morgan fingerprint density at radius 1 is 1.24 bits per heavy atom. The molecule has 0 aliphatic carbocycles. The van der Waals surface area contributed by atoms with Gasteiger partial charge in [0.1, 0.15) is 0 Å². The van der Waals surface area contributed by atoms with Crippen molar-refractivity contribution in [3.63, 3.8) is 0 Å². The second-order valence-electron chi connectivity index (χ2n) is 3.33. The van der Waals surface area contributed by atoms with E-state index in [-0.39, 0.29) is 5.91 Å². The standard InChI is InChI=1S/C11H15N3O2S/c12-5-6-17-7-10(15)14-9-3-1-8(2-4-9)11(13)16/h1-4H,5-7,12H2,(H2,13,16)(H,14,15). The van der Waals surface area contributed by atoms with Gasteiger partial charge in [0, 0.05) is 23.5 Å². The van der Waals surface area contributed by atoms with Crippen LogP contribution in [0.3, 0.4) is 0 Å². The summed E-state index contributed by atoms with van der Waals surface area (Å²) < 4.78 is 0. The third-order valence-electron chi connectivity index (χ3n) is 1.95. The molecular weight excluding hydrogens is 238 g/mol. The number of hydrogen-bond donors (Lipinski definition) is 3. The van der Waals surface area contributed by atoms with E-state index in [1.54, 1.807) is 24.3 Å². The first-order valence-corrected chi connectivity index (χ1v) is 6.26. The number of rotatable bonds is 6. The molecular formula is C11H15N3O2S. The zero-order chi connectivity index (χ0) is 12.7. The predicted molar refractivity (Wildman–Crippen MR) is 70.0 cm³/mol. The van der Waals surface area contributed by atoms with Crippen LogP contribution in [0.25, 0.3) is 0 Å². The number of anilines is 1. The quantitative estimate of drug-likeness (QED) is 0.640. The number of carbonyl (C=O) groups excluding carboxylic acids is 2. The Morgan fingerprint density at radius 2 is 1.88 bits per heavy atom. The van der Waals surface area contributed by atoms with E-state index in [0.29, 0.717) is 23.5 Å². The summed E-state index contributed by atoms with van der Waals surface area (Å²) in [4.78, 5) is 22.3. The molecule has 0 atom stereocenters. The van der Waals surface area contributed by atoms with Crippen LogP contribution in [-0.2, 0) is 4.79 Å². The van der Waals surface area contributed by atoms with Crippen molar-refractivity contribution in [3.8, 4) is 0 Å². The molecule has 2 amide bonds. The van der Waals surface area contributed by atoms with E-state index < -0.39 is 5.91 Å². The second-order valence-corrected chi connectivity index (χ2v) is 4.44. The number of thioether (sulfide) groups is 1. The maximum absolute atomic E-state index is 11.4. The molecule has 1 aromatic carbocycles. The fourth-order valence-electron chi connectivity index (χ4n) is 1.16. The van der Waals surface area contributed by atoms with Crippen molar-refractivity contribution in [2.75, 3.05) is 23.4 Å². The highest BCUT2D eigenvalue weighted by molar-refractivity contribution is 7.99. The number of primary amides is 1. The number of benzene rings is 1. The largest absolute Gasteiger partial charge is 0.366 e. The number of carbonyl (C=O) groups is 2. The Bertz CT molecular complexity index is 392. The van der Waals surface area contributed by atoms with Crippen molar-refractivity contribution >= 4 is 29.3 Å². The average molecular weight is 253 g/mol. The molecule has 0 fully saturated rings. The molecule has 0 unspecified atom stereocenters. The fourth-order valence-corrected chi connectivity index (χ4v) is 1.73. The van der Waals surface area contributed by atoms with Crippen LogP contribution in [0.1, 0.15) is 10.4 Å². The highest BCUT2D eigenvalue weighted by atomic mass is 32.2. The molecule has 0 aromatic heterocycles. The van der Waals surface area contributed by atoms with Crippen LogP contribution in [0.15, 0.2) is 24.3 Å². The highest BCUT2D eigenvalue weighted by Crippen LogP contribution is 2.10. The van der Waals surface area contributed by atoms with Gasteiger partial charge in [-0.1, -0.05) is 0 Å². The van der Waals surface area contributed by atoms with Gasteiger partial charge in [0.15, 0.2) is 0 Å². The van der Waals surface area contributed by atoms with Gasteiger partial charge < -0.3 is 16.8 Å². The Kier molecular flexibility index (Phi) is 5.51. The van der Waals surface area contributed by atoms with Crippen molar-refractivity contribution in [2.24, 2.45) is 11.5 Å². The third-order valence-corrected chi connectivity index (χ3v) is 2.94. The van der Waals surface area contributed by atoms with E-state index in [9.17, 15) is 9.59 Å². The summed E-state index contributed by atoms with van der Waals surface area (Å²) in [5.74, 6) is 0.555. The molecule has 0 bridgehead atoms. The highest BCUT2D eigenvalue weighted by Gasteiger charge is 2.03. The minimum absolute atomic E-state index is 0.0877. The van der Waals surface area contributed by atoms with E-state index in [1.165, 1.54) is 11.8 Å². The maximum Gasteiger partial charge on any atom is 0.248 e. The molecule has 0 heterocycles. The van der Waals surface area contributed by atoms with E-state index >= 15 is 0 Å². The summed E-state index contributed by atoms with van der Waals surface area (Å²) in [6, 6.07) is 6.44. The average Bonchev–Trinajstić information content (AvgIpc) is 2.30. The van der Waals surface area contributed by atoms with Crippen LogP contribution in [0.2, 0.25) is 0 Å². The van der Waals surface area contributed by atoms with E-state index in [2.05, 4.69) is 5.32 Å². The van der Waals surface area contributed by atoms with Gasteiger partial charge in [-0.05, 0) is 24.3 Å². The molecule has 5 N–H and O–H groups in total. The first kappa shape index (κ1) is 13.5. The lowest BCUT2D eigenvalue weighted by Crippen LogP contribution is -2.16. The smallest absolute Gasteiger partial charge is 0.248 e. The number of amides is 2. The van der Waals surface area contributed by atoms with Crippen molar-refractivity contribution in [2.45, 2.75) is 0 Å².